The van der Waals surface area contributed by atoms with Gasteiger partial charge in [0.1, 0.15) is 4.21 Å². The average molecular weight is 407 g/mol. The molecule has 140 valence electrons. The number of rotatable bonds is 4. The van der Waals surface area contributed by atoms with Crippen LogP contribution in [0.1, 0.15) is 24.1 Å². The lowest BCUT2D eigenvalue weighted by atomic mass is 9.98. The first-order valence-electron chi connectivity index (χ1n) is 8.25. The normalized spacial score (nSPS) is 27.2. The summed E-state index contributed by atoms with van der Waals surface area (Å²) >= 11 is 1.23. The fraction of sp³-hybridized carbons (Fsp3) is 0.667. The van der Waals surface area contributed by atoms with E-state index >= 15 is 0 Å². The van der Waals surface area contributed by atoms with Gasteiger partial charge in [0.25, 0.3) is 10.0 Å². The zero-order valence-corrected chi connectivity index (χ0v) is 16.4. The minimum Gasteiger partial charge on any atom is -0.352 e. The molecule has 1 aromatic rings. The van der Waals surface area contributed by atoms with Gasteiger partial charge in [0, 0.05) is 24.0 Å². The van der Waals surface area contributed by atoms with Crippen LogP contribution in [0.5, 0.6) is 0 Å². The van der Waals surface area contributed by atoms with E-state index in [4.69, 9.17) is 0 Å². The summed E-state index contributed by atoms with van der Waals surface area (Å²) in [5.74, 6) is -0.611. The highest BCUT2D eigenvalue weighted by atomic mass is 32.2. The average Bonchev–Trinajstić information content (AvgIpc) is 3.13. The van der Waals surface area contributed by atoms with E-state index in [2.05, 4.69) is 5.32 Å². The Labute approximate surface area is 152 Å². The lowest BCUT2D eigenvalue weighted by Gasteiger charge is -2.31. The van der Waals surface area contributed by atoms with Crippen LogP contribution in [0.4, 0.5) is 0 Å². The van der Waals surface area contributed by atoms with Crippen LogP contribution in [0.2, 0.25) is 0 Å². The predicted octanol–water partition coefficient (Wildman–Crippen LogP) is 0.761. The Kier molecular flexibility index (Phi) is 5.25. The topological polar surface area (TPSA) is 101 Å². The summed E-state index contributed by atoms with van der Waals surface area (Å²) in [6.45, 7) is 2.40. The monoisotopic (exact) mass is 406 g/mol. The Morgan fingerprint density at radius 2 is 2.08 bits per heavy atom. The number of hydrogen-bond donors (Lipinski definition) is 1. The quantitative estimate of drug-likeness (QED) is 0.796. The molecule has 2 saturated heterocycles. The summed E-state index contributed by atoms with van der Waals surface area (Å²) < 4.78 is 50.1. The highest BCUT2D eigenvalue weighted by Gasteiger charge is 2.36. The molecule has 0 bridgehead atoms. The van der Waals surface area contributed by atoms with Crippen molar-refractivity contribution in [3.63, 3.8) is 0 Å². The van der Waals surface area contributed by atoms with Gasteiger partial charge >= 0.3 is 0 Å². The van der Waals surface area contributed by atoms with Crippen molar-refractivity contribution in [1.29, 1.82) is 0 Å². The summed E-state index contributed by atoms with van der Waals surface area (Å²) in [4.78, 5) is 13.4. The van der Waals surface area contributed by atoms with Crippen LogP contribution in [0.3, 0.4) is 0 Å². The Bertz CT molecular complexity index is 859. The summed E-state index contributed by atoms with van der Waals surface area (Å²) in [6.07, 6.45) is 1.66. The molecule has 0 aromatic carbocycles. The first-order valence-corrected chi connectivity index (χ1v) is 12.3. The Morgan fingerprint density at radius 3 is 2.68 bits per heavy atom. The molecule has 2 fully saturated rings. The molecule has 3 rings (SSSR count). The number of hydrogen-bond acceptors (Lipinski definition) is 6. The summed E-state index contributed by atoms with van der Waals surface area (Å²) in [5.41, 5.74) is 0. The van der Waals surface area contributed by atoms with E-state index in [0.717, 1.165) is 4.88 Å². The van der Waals surface area contributed by atoms with Crippen LogP contribution in [0, 0.1) is 12.8 Å². The molecule has 0 radical (unpaired) electrons. The Morgan fingerprint density at radius 1 is 1.32 bits per heavy atom. The molecule has 10 heteroatoms. The van der Waals surface area contributed by atoms with Crippen molar-refractivity contribution in [3.8, 4) is 0 Å². The molecule has 3 heterocycles. The van der Waals surface area contributed by atoms with Gasteiger partial charge in [-0.15, -0.1) is 11.3 Å². The van der Waals surface area contributed by atoms with E-state index in [1.165, 1.54) is 15.6 Å². The van der Waals surface area contributed by atoms with Gasteiger partial charge in [0.2, 0.25) is 5.91 Å². The van der Waals surface area contributed by atoms with E-state index in [-0.39, 0.29) is 30.0 Å². The molecule has 0 aliphatic carbocycles. The summed E-state index contributed by atoms with van der Waals surface area (Å²) in [6, 6.07) is 3.01. The van der Waals surface area contributed by atoms with Crippen LogP contribution in [0.25, 0.3) is 0 Å². The molecule has 2 aliphatic rings. The largest absolute Gasteiger partial charge is 0.352 e. The number of piperidine rings is 1. The second-order valence-corrected chi connectivity index (χ2v) is 12.4. The zero-order valence-electron chi connectivity index (χ0n) is 14.0. The van der Waals surface area contributed by atoms with Gasteiger partial charge in [0.15, 0.2) is 9.84 Å². The second-order valence-electron chi connectivity index (χ2n) is 6.68. The number of carbonyl (C=O) groups excluding carboxylic acids is 1. The minimum absolute atomic E-state index is 0.0258. The Hall–Kier alpha value is -0.970. The van der Waals surface area contributed by atoms with Crippen LogP contribution in [0.15, 0.2) is 16.3 Å². The molecular weight excluding hydrogens is 384 g/mol. The van der Waals surface area contributed by atoms with E-state index in [0.29, 0.717) is 30.0 Å². The highest BCUT2D eigenvalue weighted by molar-refractivity contribution is 7.91. The van der Waals surface area contributed by atoms with Crippen LogP contribution < -0.4 is 5.32 Å². The van der Waals surface area contributed by atoms with Gasteiger partial charge in [-0.25, -0.2) is 16.8 Å². The molecule has 1 N–H and O–H groups in total. The second kappa shape index (κ2) is 6.98. The maximum absolute atomic E-state index is 12.7. The smallest absolute Gasteiger partial charge is 0.252 e. The zero-order chi connectivity index (χ0) is 18.2. The van der Waals surface area contributed by atoms with Crippen molar-refractivity contribution in [1.82, 2.24) is 9.62 Å². The molecule has 0 saturated carbocycles. The fourth-order valence-corrected chi connectivity index (χ4v) is 7.92. The number of aryl methyl sites for hydroxylation is 1. The van der Waals surface area contributed by atoms with Gasteiger partial charge in [-0.3, -0.25) is 4.79 Å². The maximum Gasteiger partial charge on any atom is 0.252 e. The third-order valence-corrected chi connectivity index (χ3v) is 9.74. The van der Waals surface area contributed by atoms with Crippen molar-refractivity contribution in [2.24, 2.45) is 5.92 Å². The standard InChI is InChI=1S/C15H22N2O5S3/c1-11-4-5-14(23-11)25(21,22)17-7-2-3-12(9-17)15(18)16-13-6-8-24(19,20)10-13/h4-5,12-13H,2-3,6-10H2,1H3,(H,16,18). The number of nitrogens with one attached hydrogen (secondary N) is 1. The molecule has 0 spiro atoms. The molecule has 1 amide bonds. The number of sulfonamides is 1. The molecule has 2 atom stereocenters. The fourth-order valence-electron chi connectivity index (χ4n) is 3.28. The maximum atomic E-state index is 12.7. The van der Waals surface area contributed by atoms with Gasteiger partial charge < -0.3 is 5.32 Å². The van der Waals surface area contributed by atoms with Crippen molar-refractivity contribution >= 4 is 37.1 Å². The predicted molar refractivity (Wildman–Crippen MR) is 95.7 cm³/mol. The first kappa shape index (κ1) is 18.8. The Balaban J connectivity index is 1.66. The van der Waals surface area contributed by atoms with E-state index < -0.39 is 25.8 Å². The van der Waals surface area contributed by atoms with Crippen LogP contribution in [-0.2, 0) is 24.7 Å². The van der Waals surface area contributed by atoms with E-state index in [1.807, 2.05) is 6.92 Å². The van der Waals surface area contributed by atoms with Gasteiger partial charge in [-0.1, -0.05) is 0 Å². The first-order chi connectivity index (χ1) is 11.7. The summed E-state index contributed by atoms with van der Waals surface area (Å²) in [5, 5.41) is 2.78. The molecule has 7 nitrogen and oxygen atoms in total. The number of amides is 1. The SMILES string of the molecule is Cc1ccc(S(=O)(=O)N2CCCC(C(=O)NC3CCS(=O)(=O)C3)C2)s1. The van der Waals surface area contributed by atoms with Gasteiger partial charge in [-0.05, 0) is 38.3 Å². The van der Waals surface area contributed by atoms with Crippen molar-refractivity contribution in [3.05, 3.63) is 17.0 Å². The molecule has 25 heavy (non-hydrogen) atoms. The van der Waals surface area contributed by atoms with Gasteiger partial charge in [0.05, 0.1) is 17.4 Å². The summed E-state index contributed by atoms with van der Waals surface area (Å²) in [7, 11) is -6.64. The molecule has 1 aromatic heterocycles. The minimum atomic E-state index is -3.58. The van der Waals surface area contributed by atoms with Crippen molar-refractivity contribution in [2.75, 3.05) is 24.6 Å². The van der Waals surface area contributed by atoms with Crippen LogP contribution >= 0.6 is 11.3 Å². The van der Waals surface area contributed by atoms with E-state index in [1.54, 1.807) is 12.1 Å². The third kappa shape index (κ3) is 4.24. The van der Waals surface area contributed by atoms with Crippen LogP contribution in [-0.4, -0.2) is 57.7 Å². The molecular formula is C15H22N2O5S3. The van der Waals surface area contributed by atoms with E-state index in [9.17, 15) is 21.6 Å². The lowest BCUT2D eigenvalue weighted by molar-refractivity contribution is -0.126. The number of sulfone groups is 1. The number of carbonyl (C=O) groups is 1. The van der Waals surface area contributed by atoms with Crippen molar-refractivity contribution in [2.45, 2.75) is 36.4 Å². The van der Waals surface area contributed by atoms with Crippen molar-refractivity contribution < 1.29 is 21.6 Å². The number of thiophene rings is 1. The van der Waals surface area contributed by atoms with Gasteiger partial charge in [-0.2, -0.15) is 4.31 Å². The third-order valence-electron chi connectivity index (χ3n) is 4.64. The molecule has 2 aliphatic heterocycles. The molecule has 2 unspecified atom stereocenters. The highest BCUT2D eigenvalue weighted by Crippen LogP contribution is 2.28. The lowest BCUT2D eigenvalue weighted by Crippen LogP contribution is -2.47. The number of nitrogens with zero attached hydrogens (tertiary/aromatic N) is 1.